The fraction of sp³-hybridized carbons (Fsp3) is 0.255. The number of para-hydroxylation sites is 2. The smallest absolute Gasteiger partial charge is 0.137 e. The lowest BCUT2D eigenvalue weighted by Gasteiger charge is -2.29. The standard InChI is InChI=1S/C47H49N5/c1-31-23-43-44(24-32(31)2)51(30-50(43)35-15-11-10-12-16-35)38-26-34(47(6,7)8)25-37(28-38)49(9)36-19-20-40-39-17-13-14-18-41(39)52(42(40)29-36)45-27-33(21-22-48-45)46(3,4)5/h10-29H,30H2,1-9H3. The van der Waals surface area contributed by atoms with E-state index < -0.39 is 0 Å². The molecule has 7 aromatic rings. The van der Waals surface area contributed by atoms with E-state index in [1.165, 1.54) is 55.8 Å². The Kier molecular flexibility index (Phi) is 7.94. The number of anilines is 6. The van der Waals surface area contributed by atoms with Crippen molar-refractivity contribution < 1.29 is 0 Å². The summed E-state index contributed by atoms with van der Waals surface area (Å²) >= 11 is 0. The third-order valence-electron chi connectivity index (χ3n) is 10.9. The number of pyridine rings is 1. The van der Waals surface area contributed by atoms with Crippen molar-refractivity contribution in [3.8, 4) is 5.82 Å². The fourth-order valence-electron chi connectivity index (χ4n) is 7.51. The Morgan fingerprint density at radius 2 is 1.19 bits per heavy atom. The largest absolute Gasteiger partial charge is 0.344 e. The predicted octanol–water partition coefficient (Wildman–Crippen LogP) is 12.4. The van der Waals surface area contributed by atoms with Gasteiger partial charge in [0.2, 0.25) is 0 Å². The average molecular weight is 684 g/mol. The topological polar surface area (TPSA) is 27.5 Å². The molecule has 0 saturated carbocycles. The summed E-state index contributed by atoms with van der Waals surface area (Å²) < 4.78 is 2.33. The van der Waals surface area contributed by atoms with E-state index in [1.807, 2.05) is 6.20 Å². The van der Waals surface area contributed by atoms with Gasteiger partial charge in [0.15, 0.2) is 0 Å². The molecular weight excluding hydrogens is 635 g/mol. The van der Waals surface area contributed by atoms with Gasteiger partial charge >= 0.3 is 0 Å². The third-order valence-corrected chi connectivity index (χ3v) is 10.9. The van der Waals surface area contributed by atoms with Crippen LogP contribution >= 0.6 is 0 Å². The zero-order valence-electron chi connectivity index (χ0n) is 32.0. The molecular formula is C47H49N5. The number of fused-ring (bicyclic) bond motifs is 4. The number of hydrogen-bond acceptors (Lipinski definition) is 4. The number of hydrogen-bond donors (Lipinski definition) is 0. The van der Waals surface area contributed by atoms with Gasteiger partial charge in [-0.05, 0) is 120 Å². The fourth-order valence-corrected chi connectivity index (χ4v) is 7.51. The average Bonchev–Trinajstić information content (AvgIpc) is 3.66. The minimum absolute atomic E-state index is 0.0170. The van der Waals surface area contributed by atoms with Crippen molar-refractivity contribution in [1.82, 2.24) is 9.55 Å². The first-order chi connectivity index (χ1) is 24.8. The minimum Gasteiger partial charge on any atom is -0.344 e. The highest BCUT2D eigenvalue weighted by atomic mass is 15.4. The molecule has 5 nitrogen and oxygen atoms in total. The molecule has 8 rings (SSSR count). The summed E-state index contributed by atoms with van der Waals surface area (Å²) in [7, 11) is 2.19. The van der Waals surface area contributed by atoms with E-state index in [9.17, 15) is 0 Å². The van der Waals surface area contributed by atoms with Gasteiger partial charge in [0, 0.05) is 46.8 Å². The molecule has 3 heterocycles. The quantitative estimate of drug-likeness (QED) is 0.180. The second-order valence-electron chi connectivity index (χ2n) is 16.5. The van der Waals surface area contributed by atoms with Crippen molar-refractivity contribution in [3.05, 3.63) is 144 Å². The van der Waals surface area contributed by atoms with Crippen LogP contribution in [0.25, 0.3) is 27.6 Å². The summed E-state index contributed by atoms with van der Waals surface area (Å²) in [4.78, 5) is 12.2. The van der Waals surface area contributed by atoms with Gasteiger partial charge < -0.3 is 14.7 Å². The van der Waals surface area contributed by atoms with Gasteiger partial charge in [0.25, 0.3) is 0 Å². The minimum atomic E-state index is -0.0451. The van der Waals surface area contributed by atoms with Gasteiger partial charge in [-0.15, -0.1) is 0 Å². The second-order valence-corrected chi connectivity index (χ2v) is 16.5. The van der Waals surface area contributed by atoms with E-state index in [-0.39, 0.29) is 10.8 Å². The van der Waals surface area contributed by atoms with E-state index in [1.54, 1.807) is 0 Å². The highest BCUT2D eigenvalue weighted by molar-refractivity contribution is 6.10. The Morgan fingerprint density at radius 1 is 0.558 bits per heavy atom. The van der Waals surface area contributed by atoms with Crippen molar-refractivity contribution in [2.24, 2.45) is 0 Å². The van der Waals surface area contributed by atoms with Gasteiger partial charge in [-0.25, -0.2) is 4.98 Å². The van der Waals surface area contributed by atoms with Gasteiger partial charge in [-0.2, -0.15) is 0 Å². The molecule has 0 spiro atoms. The number of nitrogens with zero attached hydrogens (tertiary/aromatic N) is 5. The highest BCUT2D eigenvalue weighted by Crippen LogP contribution is 2.47. The third kappa shape index (κ3) is 5.78. The molecule has 0 amide bonds. The molecule has 0 unspecified atom stereocenters. The first-order valence-corrected chi connectivity index (χ1v) is 18.4. The summed E-state index contributed by atoms with van der Waals surface area (Å²) in [6.07, 6.45) is 1.95. The summed E-state index contributed by atoms with van der Waals surface area (Å²) in [6.45, 7) is 18.9. The molecule has 2 aromatic heterocycles. The van der Waals surface area contributed by atoms with E-state index in [4.69, 9.17) is 4.98 Å². The van der Waals surface area contributed by atoms with E-state index in [0.717, 1.165) is 34.9 Å². The van der Waals surface area contributed by atoms with Crippen LogP contribution in [0.2, 0.25) is 0 Å². The molecule has 5 aromatic carbocycles. The van der Waals surface area contributed by atoms with Gasteiger partial charge in [-0.3, -0.25) is 4.57 Å². The SMILES string of the molecule is Cc1cc2c(cc1C)N(c1cc(N(C)c3ccc4c5ccccc5n(-c5cc(C(C)(C)C)ccn5)c4c3)cc(C(C)(C)C)c1)CN2c1ccccc1. The van der Waals surface area contributed by atoms with Crippen LogP contribution in [0.5, 0.6) is 0 Å². The second kappa shape index (κ2) is 12.3. The van der Waals surface area contributed by atoms with Crippen LogP contribution in [0.3, 0.4) is 0 Å². The monoisotopic (exact) mass is 683 g/mol. The summed E-state index contributed by atoms with van der Waals surface area (Å²) in [5, 5.41) is 2.45. The molecule has 0 bridgehead atoms. The molecule has 0 N–H and O–H groups in total. The number of aromatic nitrogens is 2. The van der Waals surface area contributed by atoms with Crippen LogP contribution < -0.4 is 14.7 Å². The lowest BCUT2D eigenvalue weighted by molar-refractivity contribution is 0.588. The highest BCUT2D eigenvalue weighted by Gasteiger charge is 2.30. The van der Waals surface area contributed by atoms with Crippen LogP contribution in [0.1, 0.15) is 63.8 Å². The van der Waals surface area contributed by atoms with Crippen molar-refractivity contribution in [2.45, 2.75) is 66.2 Å². The van der Waals surface area contributed by atoms with Gasteiger partial charge in [-0.1, -0.05) is 84.0 Å². The van der Waals surface area contributed by atoms with E-state index in [0.29, 0.717) is 0 Å². The Labute approximate surface area is 308 Å². The Bertz CT molecular complexity index is 2460. The lowest BCUT2D eigenvalue weighted by atomic mass is 9.86. The molecule has 0 radical (unpaired) electrons. The zero-order valence-corrected chi connectivity index (χ0v) is 32.0. The van der Waals surface area contributed by atoms with Crippen LogP contribution in [-0.2, 0) is 10.8 Å². The summed E-state index contributed by atoms with van der Waals surface area (Å²) in [5.41, 5.74) is 14.6. The maximum atomic E-state index is 4.92. The first-order valence-electron chi connectivity index (χ1n) is 18.4. The molecule has 0 saturated heterocycles. The van der Waals surface area contributed by atoms with Crippen LogP contribution in [0.4, 0.5) is 34.1 Å². The normalized spacial score (nSPS) is 13.3. The maximum absolute atomic E-state index is 4.92. The van der Waals surface area contributed by atoms with E-state index >= 15 is 0 Å². The van der Waals surface area contributed by atoms with Crippen LogP contribution in [0.15, 0.2) is 121 Å². The van der Waals surface area contributed by atoms with Gasteiger partial charge in [0.05, 0.1) is 22.4 Å². The van der Waals surface area contributed by atoms with Crippen LogP contribution in [-0.4, -0.2) is 23.3 Å². The molecule has 0 aliphatic carbocycles. The molecule has 5 heteroatoms. The summed E-state index contributed by atoms with van der Waals surface area (Å²) in [6, 6.07) is 42.5. The number of rotatable bonds is 5. The lowest BCUT2D eigenvalue weighted by Crippen LogP contribution is -2.25. The molecule has 1 aliphatic heterocycles. The molecule has 0 atom stereocenters. The number of benzene rings is 5. The predicted molar refractivity (Wildman–Crippen MR) is 222 cm³/mol. The zero-order chi connectivity index (χ0) is 36.5. The molecule has 1 aliphatic rings. The van der Waals surface area contributed by atoms with Crippen molar-refractivity contribution in [1.29, 1.82) is 0 Å². The van der Waals surface area contributed by atoms with Crippen molar-refractivity contribution in [3.63, 3.8) is 0 Å². The van der Waals surface area contributed by atoms with Gasteiger partial charge in [0.1, 0.15) is 12.5 Å². The molecule has 0 fully saturated rings. The van der Waals surface area contributed by atoms with Crippen molar-refractivity contribution >= 4 is 55.9 Å². The Hall–Kier alpha value is -5.55. The molecule has 52 heavy (non-hydrogen) atoms. The maximum Gasteiger partial charge on any atom is 0.137 e. The Balaban J connectivity index is 1.27. The van der Waals surface area contributed by atoms with Crippen molar-refractivity contribution in [2.75, 3.05) is 28.4 Å². The first kappa shape index (κ1) is 33.6. The number of aryl methyl sites for hydroxylation is 2. The molecule has 262 valence electrons. The van der Waals surface area contributed by atoms with E-state index in [2.05, 4.69) is 197 Å². The summed E-state index contributed by atoms with van der Waals surface area (Å²) in [5.74, 6) is 0.941. The van der Waals surface area contributed by atoms with Crippen LogP contribution in [0, 0.1) is 13.8 Å². The Morgan fingerprint density at radius 3 is 1.88 bits per heavy atom.